The Morgan fingerprint density at radius 3 is 2.66 bits per heavy atom. The molecule has 0 bridgehead atoms. The number of anilines is 2. The number of benzene rings is 2. The Hall–Kier alpha value is -5.52. The number of pyridine rings is 1. The number of nitrogens with one attached hydrogen (secondary N) is 3. The number of H-pyrrole nitrogens is 1. The van der Waals surface area contributed by atoms with Crippen LogP contribution in [0, 0.1) is 5.82 Å². The molecule has 12 heteroatoms. The van der Waals surface area contributed by atoms with Crippen LogP contribution in [-0.2, 0) is 5.41 Å². The lowest BCUT2D eigenvalue weighted by molar-refractivity contribution is 0.262. The third-order valence-corrected chi connectivity index (χ3v) is 6.25. The van der Waals surface area contributed by atoms with E-state index in [4.69, 9.17) is 14.4 Å². The van der Waals surface area contributed by atoms with Crippen molar-refractivity contribution in [2.45, 2.75) is 26.2 Å². The first kappa shape index (κ1) is 25.7. The summed E-state index contributed by atoms with van der Waals surface area (Å²) in [6.07, 6.45) is 6.55. The largest absolute Gasteiger partial charge is 0.457 e. The molecule has 6 rings (SSSR count). The second-order valence-electron chi connectivity index (χ2n) is 10.3. The lowest BCUT2D eigenvalue weighted by Crippen LogP contribution is -2.22. The number of hydrogen-bond acceptors (Lipinski definition) is 7. The Morgan fingerprint density at radius 2 is 1.88 bits per heavy atom. The molecule has 206 valence electrons. The number of nitrogens with zero attached hydrogens (tertiary/aromatic N) is 5. The van der Waals surface area contributed by atoms with E-state index in [2.05, 4.69) is 31.0 Å². The van der Waals surface area contributed by atoms with Crippen LogP contribution < -0.4 is 15.4 Å². The van der Waals surface area contributed by atoms with Gasteiger partial charge < -0.3 is 14.6 Å². The zero-order valence-electron chi connectivity index (χ0n) is 22.3. The SMILES string of the molecule is CC(C)(C)c1cc(NC(=O)Nc2ccc(Oc3ccnc(-c4cn[nH]c4)c3)cc2F)n(-c2ccc3oncc3c2)n1. The summed E-state index contributed by atoms with van der Waals surface area (Å²) in [7, 11) is 0. The van der Waals surface area contributed by atoms with Crippen LogP contribution in [0.5, 0.6) is 11.5 Å². The number of aromatic nitrogens is 6. The molecule has 4 aromatic heterocycles. The molecule has 2 aromatic carbocycles. The third-order valence-electron chi connectivity index (χ3n) is 6.25. The van der Waals surface area contributed by atoms with Crippen molar-refractivity contribution >= 4 is 28.5 Å². The molecule has 11 nitrogen and oxygen atoms in total. The summed E-state index contributed by atoms with van der Waals surface area (Å²) in [5, 5.41) is 21.3. The summed E-state index contributed by atoms with van der Waals surface area (Å²) in [5.41, 5.74) is 3.24. The number of halogens is 1. The molecule has 0 saturated heterocycles. The minimum absolute atomic E-state index is 0.0170. The van der Waals surface area contributed by atoms with Gasteiger partial charge in [0, 0.05) is 47.0 Å². The molecule has 2 amide bonds. The van der Waals surface area contributed by atoms with E-state index in [1.54, 1.807) is 59.8 Å². The van der Waals surface area contributed by atoms with Crippen LogP contribution in [0.3, 0.4) is 0 Å². The van der Waals surface area contributed by atoms with Crippen molar-refractivity contribution in [1.29, 1.82) is 0 Å². The van der Waals surface area contributed by atoms with Crippen LogP contribution >= 0.6 is 0 Å². The molecular weight excluding hydrogens is 527 g/mol. The van der Waals surface area contributed by atoms with E-state index < -0.39 is 11.8 Å². The van der Waals surface area contributed by atoms with Gasteiger partial charge in [0.15, 0.2) is 5.58 Å². The van der Waals surface area contributed by atoms with Gasteiger partial charge in [-0.2, -0.15) is 10.2 Å². The van der Waals surface area contributed by atoms with E-state index in [0.717, 1.165) is 16.6 Å². The van der Waals surface area contributed by atoms with Gasteiger partial charge in [0.25, 0.3) is 0 Å². The van der Waals surface area contributed by atoms with E-state index in [1.165, 1.54) is 12.1 Å². The predicted molar refractivity (Wildman–Crippen MR) is 151 cm³/mol. The smallest absolute Gasteiger partial charge is 0.324 e. The van der Waals surface area contributed by atoms with Crippen LogP contribution in [0.15, 0.2) is 83.9 Å². The number of carbonyl (C=O) groups is 1. The topological polar surface area (TPSA) is 136 Å². The van der Waals surface area contributed by atoms with E-state index in [0.29, 0.717) is 28.5 Å². The molecule has 0 saturated carbocycles. The first-order valence-electron chi connectivity index (χ1n) is 12.7. The van der Waals surface area contributed by atoms with E-state index in [1.807, 2.05) is 32.9 Å². The number of ether oxygens (including phenoxy) is 1. The molecule has 41 heavy (non-hydrogen) atoms. The summed E-state index contributed by atoms with van der Waals surface area (Å²) in [5.74, 6) is 0.481. The van der Waals surface area contributed by atoms with Crippen LogP contribution in [0.1, 0.15) is 26.5 Å². The molecule has 0 unspecified atom stereocenters. The fourth-order valence-electron chi connectivity index (χ4n) is 4.12. The van der Waals surface area contributed by atoms with Crippen molar-refractivity contribution in [2.24, 2.45) is 0 Å². The van der Waals surface area contributed by atoms with E-state index >= 15 is 0 Å². The lowest BCUT2D eigenvalue weighted by Gasteiger charge is -2.14. The number of rotatable bonds is 6. The highest BCUT2D eigenvalue weighted by Crippen LogP contribution is 2.30. The average Bonchev–Trinajstić information content (AvgIpc) is 3.71. The summed E-state index contributed by atoms with van der Waals surface area (Å²) < 4.78 is 27.6. The summed E-state index contributed by atoms with van der Waals surface area (Å²) in [6, 6.07) is 14.2. The van der Waals surface area contributed by atoms with Crippen LogP contribution in [0.4, 0.5) is 20.7 Å². The van der Waals surface area contributed by atoms with Crippen molar-refractivity contribution in [3.63, 3.8) is 0 Å². The predicted octanol–water partition coefficient (Wildman–Crippen LogP) is 6.67. The molecule has 0 aliphatic carbocycles. The van der Waals surface area contributed by atoms with Gasteiger partial charge in [-0.25, -0.2) is 13.9 Å². The maximum absolute atomic E-state index is 15.0. The quantitative estimate of drug-likeness (QED) is 0.210. The molecule has 0 aliphatic heterocycles. The normalized spacial score (nSPS) is 11.5. The molecule has 0 spiro atoms. The number of amides is 2. The van der Waals surface area contributed by atoms with Gasteiger partial charge in [-0.3, -0.25) is 15.4 Å². The highest BCUT2D eigenvalue weighted by Gasteiger charge is 2.22. The highest BCUT2D eigenvalue weighted by atomic mass is 19.1. The Morgan fingerprint density at radius 1 is 1.02 bits per heavy atom. The molecular formula is C29H25FN8O3. The number of fused-ring (bicyclic) bond motifs is 1. The zero-order chi connectivity index (χ0) is 28.6. The third kappa shape index (κ3) is 5.48. The van der Waals surface area contributed by atoms with Crippen LogP contribution in [-0.4, -0.2) is 36.1 Å². The Labute approximate surface area is 233 Å². The number of carbonyl (C=O) groups excluding carboxylic acids is 1. The van der Waals surface area contributed by atoms with E-state index in [9.17, 15) is 9.18 Å². The monoisotopic (exact) mass is 552 g/mol. The summed E-state index contributed by atoms with van der Waals surface area (Å²) in [6.45, 7) is 6.07. The fourth-order valence-corrected chi connectivity index (χ4v) is 4.12. The van der Waals surface area contributed by atoms with E-state index in [-0.39, 0.29) is 16.9 Å². The lowest BCUT2D eigenvalue weighted by atomic mass is 9.92. The van der Waals surface area contributed by atoms with Gasteiger partial charge in [0.05, 0.1) is 35.2 Å². The van der Waals surface area contributed by atoms with Crippen LogP contribution in [0.2, 0.25) is 0 Å². The molecule has 4 heterocycles. The summed E-state index contributed by atoms with van der Waals surface area (Å²) >= 11 is 0. The standard InChI is InChI=1S/C29H25FN8O3/c1-29(2,3)26-13-27(38(37-26)19-4-7-25-17(10-19)16-34-41-25)36-28(39)35-23-6-5-20(11-22(23)30)40-21-8-9-31-24(12-21)18-14-32-33-15-18/h4-16H,1-3H3,(H,32,33)(H2,35,36,39). The van der Waals surface area contributed by atoms with Gasteiger partial charge in [-0.1, -0.05) is 25.9 Å². The van der Waals surface area contributed by atoms with Gasteiger partial charge >= 0.3 is 6.03 Å². The minimum Gasteiger partial charge on any atom is -0.457 e. The Balaban J connectivity index is 1.19. The molecule has 0 atom stereocenters. The van der Waals surface area contributed by atoms with Gasteiger partial charge in [-0.05, 0) is 36.4 Å². The zero-order valence-corrected chi connectivity index (χ0v) is 22.3. The Kier molecular flexibility index (Phi) is 6.42. The minimum atomic E-state index is -0.663. The fraction of sp³-hybridized carbons (Fsp3) is 0.138. The molecule has 3 N–H and O–H groups in total. The second-order valence-corrected chi connectivity index (χ2v) is 10.3. The van der Waals surface area contributed by atoms with Crippen molar-refractivity contribution in [3.05, 3.63) is 90.9 Å². The highest BCUT2D eigenvalue weighted by molar-refractivity contribution is 5.99. The molecule has 0 aliphatic rings. The first-order valence-corrected chi connectivity index (χ1v) is 12.7. The van der Waals surface area contributed by atoms with Crippen molar-refractivity contribution in [3.8, 4) is 28.4 Å². The number of hydrogen-bond donors (Lipinski definition) is 3. The van der Waals surface area contributed by atoms with Crippen molar-refractivity contribution < 1.29 is 18.4 Å². The van der Waals surface area contributed by atoms with Crippen molar-refractivity contribution in [1.82, 2.24) is 30.1 Å². The second kappa shape index (κ2) is 10.2. The van der Waals surface area contributed by atoms with Gasteiger partial charge in [0.2, 0.25) is 0 Å². The number of urea groups is 1. The maximum Gasteiger partial charge on any atom is 0.324 e. The number of aromatic amines is 1. The molecule has 6 aromatic rings. The maximum atomic E-state index is 15.0. The molecule has 0 fully saturated rings. The van der Waals surface area contributed by atoms with Gasteiger partial charge in [-0.15, -0.1) is 0 Å². The van der Waals surface area contributed by atoms with Crippen LogP contribution in [0.25, 0.3) is 27.9 Å². The van der Waals surface area contributed by atoms with Crippen molar-refractivity contribution in [2.75, 3.05) is 10.6 Å². The molecule has 0 radical (unpaired) electrons. The average molecular weight is 553 g/mol. The summed E-state index contributed by atoms with van der Waals surface area (Å²) in [4.78, 5) is 17.3. The Bertz CT molecular complexity index is 1850. The van der Waals surface area contributed by atoms with Gasteiger partial charge in [0.1, 0.15) is 23.1 Å². The first-order chi connectivity index (χ1) is 19.7.